The number of para-hydroxylation sites is 1. The quantitative estimate of drug-likeness (QED) is 0.672. The van der Waals surface area contributed by atoms with Crippen molar-refractivity contribution >= 4 is 5.91 Å². The topological polar surface area (TPSA) is 90.2 Å². The van der Waals surface area contributed by atoms with Crippen molar-refractivity contribution in [1.82, 2.24) is 4.90 Å². The molecule has 0 saturated carbocycles. The summed E-state index contributed by atoms with van der Waals surface area (Å²) in [6, 6.07) is 11.5. The van der Waals surface area contributed by atoms with Gasteiger partial charge in [-0.15, -0.1) is 0 Å². The molecule has 1 aliphatic heterocycles. The lowest BCUT2D eigenvalue weighted by Gasteiger charge is -2.15. The van der Waals surface area contributed by atoms with E-state index in [2.05, 4.69) is 0 Å². The van der Waals surface area contributed by atoms with E-state index in [1.807, 2.05) is 4.90 Å². The minimum Gasteiger partial charge on any atom is -0.507 e. The molecular formula is C22H28F3NO5. The fourth-order valence-electron chi connectivity index (χ4n) is 2.61. The number of phenols is 1. The number of benzene rings is 2. The van der Waals surface area contributed by atoms with Crippen molar-refractivity contribution < 1.29 is 38.0 Å². The lowest BCUT2D eigenvalue weighted by molar-refractivity contribution is -0.138. The van der Waals surface area contributed by atoms with Gasteiger partial charge in [0.1, 0.15) is 11.5 Å². The molecule has 0 bridgehead atoms. The molecule has 0 radical (unpaired) electrons. The molecule has 1 aliphatic rings. The van der Waals surface area contributed by atoms with Gasteiger partial charge in [-0.1, -0.05) is 24.3 Å². The van der Waals surface area contributed by atoms with E-state index < -0.39 is 17.5 Å². The normalized spacial score (nSPS) is 12.9. The van der Waals surface area contributed by atoms with Crippen LogP contribution in [0.3, 0.4) is 0 Å². The van der Waals surface area contributed by atoms with Gasteiger partial charge < -0.3 is 25.0 Å². The van der Waals surface area contributed by atoms with Crippen LogP contribution in [0.15, 0.2) is 48.5 Å². The van der Waals surface area contributed by atoms with Crippen LogP contribution in [0.4, 0.5) is 13.2 Å². The summed E-state index contributed by atoms with van der Waals surface area (Å²) in [4.78, 5) is 13.5. The highest BCUT2D eigenvalue weighted by atomic mass is 19.4. The summed E-state index contributed by atoms with van der Waals surface area (Å²) in [7, 11) is 0. The molecule has 1 saturated heterocycles. The van der Waals surface area contributed by atoms with E-state index in [1.165, 1.54) is 12.1 Å². The van der Waals surface area contributed by atoms with Crippen LogP contribution in [-0.2, 0) is 17.6 Å². The number of aromatic hydroxyl groups is 1. The average Bonchev–Trinajstić information content (AvgIpc) is 3.28. The van der Waals surface area contributed by atoms with Gasteiger partial charge in [0.05, 0.1) is 12.2 Å². The third kappa shape index (κ3) is 9.71. The second kappa shape index (κ2) is 13.5. The van der Waals surface area contributed by atoms with E-state index in [-0.39, 0.29) is 25.7 Å². The van der Waals surface area contributed by atoms with Gasteiger partial charge in [0.25, 0.3) is 5.91 Å². The van der Waals surface area contributed by atoms with Crippen LogP contribution in [0.2, 0.25) is 0 Å². The van der Waals surface area contributed by atoms with Gasteiger partial charge in [-0.2, -0.15) is 13.2 Å². The second-order valence-corrected chi connectivity index (χ2v) is 6.51. The van der Waals surface area contributed by atoms with Crippen LogP contribution in [-0.4, -0.2) is 52.4 Å². The van der Waals surface area contributed by atoms with Crippen LogP contribution in [0.25, 0.3) is 0 Å². The molecule has 0 spiro atoms. The summed E-state index contributed by atoms with van der Waals surface area (Å²) >= 11 is 0. The Morgan fingerprint density at radius 1 is 1.03 bits per heavy atom. The van der Waals surface area contributed by atoms with Crippen molar-refractivity contribution in [1.29, 1.82) is 0 Å². The first-order chi connectivity index (χ1) is 14.7. The van der Waals surface area contributed by atoms with Gasteiger partial charge >= 0.3 is 6.18 Å². The average molecular weight is 443 g/mol. The lowest BCUT2D eigenvalue weighted by Crippen LogP contribution is -2.32. The third-order valence-corrected chi connectivity index (χ3v) is 4.14. The van der Waals surface area contributed by atoms with E-state index in [0.717, 1.165) is 43.6 Å². The molecule has 3 N–H and O–H groups in total. The number of hydrogen-bond donors (Lipinski definition) is 3. The summed E-state index contributed by atoms with van der Waals surface area (Å²) < 4.78 is 41.1. The monoisotopic (exact) mass is 443 g/mol. The number of halogens is 3. The highest BCUT2D eigenvalue weighted by Gasteiger charge is 2.33. The van der Waals surface area contributed by atoms with Crippen molar-refractivity contribution in [3.63, 3.8) is 0 Å². The number of phenolic OH excluding ortho intramolecular Hbond substituents is 1. The first kappa shape index (κ1) is 26.3. The minimum atomic E-state index is -4.47. The Labute approximate surface area is 179 Å². The maximum Gasteiger partial charge on any atom is 0.419 e. The highest BCUT2D eigenvalue weighted by molar-refractivity contribution is 5.78. The largest absolute Gasteiger partial charge is 0.507 e. The van der Waals surface area contributed by atoms with Crippen LogP contribution >= 0.6 is 0 Å². The highest BCUT2D eigenvalue weighted by Crippen LogP contribution is 2.34. The molecule has 1 heterocycles. The number of aliphatic hydroxyl groups excluding tert-OH is 2. The lowest BCUT2D eigenvalue weighted by atomic mass is 10.2. The fraction of sp³-hybridized carbons (Fsp3) is 0.409. The molecule has 31 heavy (non-hydrogen) atoms. The van der Waals surface area contributed by atoms with Crippen molar-refractivity contribution in [2.75, 3.05) is 26.3 Å². The van der Waals surface area contributed by atoms with Gasteiger partial charge in [-0.25, -0.2) is 0 Å². The number of nitrogens with zero attached hydrogens (tertiary/aromatic N) is 1. The van der Waals surface area contributed by atoms with E-state index in [0.29, 0.717) is 5.75 Å². The number of ether oxygens (including phenoxy) is 1. The number of hydrogen-bond acceptors (Lipinski definition) is 5. The zero-order chi connectivity index (χ0) is 23.3. The molecule has 0 atom stereocenters. The summed E-state index contributed by atoms with van der Waals surface area (Å²) in [5.41, 5.74) is -0.164. The Balaban J connectivity index is 0.000000296. The van der Waals surface area contributed by atoms with Crippen molar-refractivity contribution in [2.45, 2.75) is 32.5 Å². The zero-order valence-electron chi connectivity index (χ0n) is 17.3. The predicted octanol–water partition coefficient (Wildman–Crippen LogP) is 3.59. The number of carbonyl (C=O) groups excluding carboxylic acids is 1. The van der Waals surface area contributed by atoms with Gasteiger partial charge in [-0.05, 0) is 49.6 Å². The third-order valence-electron chi connectivity index (χ3n) is 4.14. The Kier molecular flexibility index (Phi) is 11.4. The van der Waals surface area contributed by atoms with Gasteiger partial charge in [0.15, 0.2) is 6.61 Å². The molecule has 0 unspecified atom stereocenters. The van der Waals surface area contributed by atoms with Crippen molar-refractivity contribution in [3.8, 4) is 11.5 Å². The molecule has 0 aromatic heterocycles. The Hall–Kier alpha value is -2.78. The van der Waals surface area contributed by atoms with E-state index in [4.69, 9.17) is 20.1 Å². The molecule has 172 valence electrons. The molecule has 2 aromatic rings. The zero-order valence-corrected chi connectivity index (χ0v) is 17.3. The van der Waals surface area contributed by atoms with Crippen molar-refractivity contribution in [2.24, 2.45) is 0 Å². The number of aliphatic hydroxyl groups is 2. The van der Waals surface area contributed by atoms with Crippen molar-refractivity contribution in [3.05, 3.63) is 59.7 Å². The molecule has 1 amide bonds. The molecule has 1 fully saturated rings. The minimum absolute atomic E-state index is 0.0208. The number of amides is 1. The van der Waals surface area contributed by atoms with Gasteiger partial charge in [0, 0.05) is 19.7 Å². The number of likely N-dealkylation sites (tertiary alicyclic amines) is 1. The van der Waals surface area contributed by atoms with E-state index in [1.54, 1.807) is 31.2 Å². The van der Waals surface area contributed by atoms with Crippen LogP contribution < -0.4 is 4.74 Å². The summed E-state index contributed by atoms with van der Waals surface area (Å²) in [5, 5.41) is 25.2. The van der Waals surface area contributed by atoms with Crippen LogP contribution in [0.5, 0.6) is 11.5 Å². The van der Waals surface area contributed by atoms with Gasteiger partial charge in [-0.3, -0.25) is 4.79 Å². The molecule has 2 aromatic carbocycles. The number of rotatable bonds is 4. The molecule has 6 nitrogen and oxygen atoms in total. The van der Waals surface area contributed by atoms with Crippen LogP contribution in [0, 0.1) is 0 Å². The van der Waals surface area contributed by atoms with Crippen LogP contribution in [0.1, 0.15) is 30.9 Å². The first-order valence-corrected chi connectivity index (χ1v) is 9.79. The molecule has 0 aliphatic carbocycles. The van der Waals surface area contributed by atoms with E-state index in [9.17, 15) is 18.0 Å². The fourth-order valence-corrected chi connectivity index (χ4v) is 2.61. The molecule has 9 heteroatoms. The maximum atomic E-state index is 11.9. The summed E-state index contributed by atoms with van der Waals surface area (Å²) in [6.45, 7) is 3.75. The van der Waals surface area contributed by atoms with Gasteiger partial charge in [0.2, 0.25) is 0 Å². The maximum absolute atomic E-state index is 11.9. The second-order valence-electron chi connectivity index (χ2n) is 6.51. The van der Waals surface area contributed by atoms with E-state index >= 15 is 0 Å². The smallest absolute Gasteiger partial charge is 0.419 e. The SMILES string of the molecule is CCO.O=C(COc1ccc(CO)cc1)N1CCCC1.Oc1ccccc1C(F)(F)F. The Morgan fingerprint density at radius 2 is 1.58 bits per heavy atom. The standard InChI is InChI=1S/C13H17NO3.C7H5F3O.C2H6O/c15-9-11-3-5-12(6-4-11)17-10-13(16)14-7-1-2-8-14;8-7(9,10)5-3-1-2-4-6(5)11;1-2-3/h3-6,15H,1-2,7-10H2;1-4,11H;3H,2H2,1H3. The first-order valence-electron chi connectivity index (χ1n) is 9.79. The summed E-state index contributed by atoms with van der Waals surface area (Å²) in [6.07, 6.45) is -2.28. The number of carbonyl (C=O) groups is 1. The Bertz CT molecular complexity index is 775. The Morgan fingerprint density at radius 3 is 2.03 bits per heavy atom. The molecule has 3 rings (SSSR count). The molecular weight excluding hydrogens is 415 g/mol. The number of alkyl halides is 3. The summed E-state index contributed by atoms with van der Waals surface area (Å²) in [5.74, 6) is -0.0246. The predicted molar refractivity (Wildman–Crippen MR) is 110 cm³/mol.